The van der Waals surface area contributed by atoms with Gasteiger partial charge in [0.25, 0.3) is 0 Å². The van der Waals surface area contributed by atoms with Crippen molar-refractivity contribution in [1.82, 2.24) is 0 Å². The first-order chi connectivity index (χ1) is 6.97. The largest absolute Gasteiger partial charge is 0.385 e. The molecule has 0 amide bonds. The maximum absolute atomic E-state index is 13.1. The van der Waals surface area contributed by atoms with E-state index in [0.29, 0.717) is 0 Å². The zero-order valence-corrected chi connectivity index (χ0v) is 8.80. The fourth-order valence-corrected chi connectivity index (χ4v) is 1.32. The topological polar surface area (TPSA) is 64.2 Å². The second-order valence-corrected chi connectivity index (χ2v) is 3.60. The number of halogens is 3. The smallest absolute Gasteiger partial charge is 0.170 e. The molecule has 15 heavy (non-hydrogen) atoms. The van der Waals surface area contributed by atoms with Gasteiger partial charge >= 0.3 is 0 Å². The number of aliphatic hydroxyl groups excluding tert-OH is 2. The summed E-state index contributed by atoms with van der Waals surface area (Å²) in [5, 5.41) is 26.4. The third kappa shape index (κ3) is 2.58. The van der Waals surface area contributed by atoms with E-state index in [9.17, 15) is 9.50 Å². The van der Waals surface area contributed by atoms with Crippen LogP contribution in [0, 0.1) is 17.1 Å². The van der Waals surface area contributed by atoms with Gasteiger partial charge in [0.2, 0.25) is 0 Å². The minimum absolute atomic E-state index is 0.00375. The molecule has 2 N–H and O–H groups in total. The van der Waals surface area contributed by atoms with Crippen LogP contribution in [0.2, 0.25) is 10.0 Å². The summed E-state index contributed by atoms with van der Waals surface area (Å²) in [6.45, 7) is 0. The van der Waals surface area contributed by atoms with Crippen molar-refractivity contribution in [3.8, 4) is 6.07 Å². The predicted molar refractivity (Wildman–Crippen MR) is 53.0 cm³/mol. The molecule has 0 saturated carbocycles. The molecule has 0 aliphatic heterocycles. The molecule has 0 radical (unpaired) electrons. The van der Waals surface area contributed by atoms with Gasteiger partial charge in [-0.05, 0) is 17.7 Å². The molecule has 0 heterocycles. The molecule has 0 aliphatic carbocycles. The molecule has 1 aromatic carbocycles. The van der Waals surface area contributed by atoms with E-state index in [-0.39, 0.29) is 15.6 Å². The van der Waals surface area contributed by atoms with E-state index in [1.54, 1.807) is 0 Å². The molecular formula is C9H6Cl2FNO2. The molecule has 0 fully saturated rings. The van der Waals surface area contributed by atoms with E-state index >= 15 is 0 Å². The molecule has 6 heteroatoms. The van der Waals surface area contributed by atoms with Gasteiger partial charge in [-0.15, -0.1) is 0 Å². The number of nitrogens with zero attached hydrogens (tertiary/aromatic N) is 1. The minimum Gasteiger partial charge on any atom is -0.385 e. The average molecular weight is 250 g/mol. The number of aliphatic hydroxyl groups is 2. The molecule has 2 atom stereocenters. The molecule has 0 aromatic heterocycles. The summed E-state index contributed by atoms with van der Waals surface area (Å²) in [6, 6.07) is 3.53. The molecule has 1 rings (SSSR count). The Balaban J connectivity index is 3.12. The van der Waals surface area contributed by atoms with Crippen molar-refractivity contribution in [3.05, 3.63) is 33.6 Å². The molecular weight excluding hydrogens is 244 g/mol. The quantitative estimate of drug-likeness (QED) is 0.623. The maximum Gasteiger partial charge on any atom is 0.170 e. The Hall–Kier alpha value is -0.860. The number of rotatable bonds is 2. The first-order valence-corrected chi connectivity index (χ1v) is 4.63. The summed E-state index contributed by atoms with van der Waals surface area (Å²) in [5.74, 6) is -0.816. The van der Waals surface area contributed by atoms with E-state index in [0.717, 1.165) is 6.07 Å². The fourth-order valence-electron chi connectivity index (χ4n) is 0.999. The Morgan fingerprint density at radius 1 is 1.33 bits per heavy atom. The molecule has 0 aliphatic rings. The van der Waals surface area contributed by atoms with Gasteiger partial charge in [-0.1, -0.05) is 23.2 Å². The van der Waals surface area contributed by atoms with Crippen LogP contribution in [0.5, 0.6) is 0 Å². The van der Waals surface area contributed by atoms with Crippen LogP contribution in [0.25, 0.3) is 0 Å². The van der Waals surface area contributed by atoms with Gasteiger partial charge in [-0.25, -0.2) is 4.39 Å². The molecule has 80 valence electrons. The highest BCUT2D eigenvalue weighted by Crippen LogP contribution is 2.29. The Morgan fingerprint density at radius 2 is 1.93 bits per heavy atom. The van der Waals surface area contributed by atoms with Gasteiger partial charge in [0.1, 0.15) is 11.9 Å². The number of hydrogen-bond donors (Lipinski definition) is 2. The van der Waals surface area contributed by atoms with Crippen LogP contribution < -0.4 is 0 Å². The van der Waals surface area contributed by atoms with Crippen LogP contribution in [0.3, 0.4) is 0 Å². The summed E-state index contributed by atoms with van der Waals surface area (Å²) in [4.78, 5) is 0. The van der Waals surface area contributed by atoms with E-state index in [2.05, 4.69) is 0 Å². The number of hydrogen-bond acceptors (Lipinski definition) is 3. The van der Waals surface area contributed by atoms with E-state index in [4.69, 9.17) is 33.6 Å². The fraction of sp³-hybridized carbons (Fsp3) is 0.222. The Morgan fingerprint density at radius 3 is 2.40 bits per heavy atom. The number of benzene rings is 1. The molecule has 0 saturated heterocycles. The summed E-state index contributed by atoms with van der Waals surface area (Å²) < 4.78 is 13.1. The lowest BCUT2D eigenvalue weighted by molar-refractivity contribution is 0.0526. The van der Waals surface area contributed by atoms with Gasteiger partial charge in [0.15, 0.2) is 6.10 Å². The van der Waals surface area contributed by atoms with Crippen molar-refractivity contribution in [3.63, 3.8) is 0 Å². The summed E-state index contributed by atoms with van der Waals surface area (Å²) in [5.41, 5.74) is -0.00375. The van der Waals surface area contributed by atoms with Gasteiger partial charge in [-0.2, -0.15) is 5.26 Å². The van der Waals surface area contributed by atoms with Gasteiger partial charge in [-0.3, -0.25) is 0 Å². The Labute approximate surface area is 95.3 Å². The lowest BCUT2D eigenvalue weighted by atomic mass is 10.1. The van der Waals surface area contributed by atoms with Crippen molar-refractivity contribution in [2.75, 3.05) is 0 Å². The molecule has 0 bridgehead atoms. The first-order valence-electron chi connectivity index (χ1n) is 3.87. The van der Waals surface area contributed by atoms with Crippen LogP contribution in [-0.2, 0) is 0 Å². The third-order valence-corrected chi connectivity index (χ3v) is 2.56. The van der Waals surface area contributed by atoms with E-state index in [1.165, 1.54) is 12.1 Å². The van der Waals surface area contributed by atoms with Crippen molar-refractivity contribution < 1.29 is 14.6 Å². The normalized spacial score (nSPS) is 14.4. The maximum atomic E-state index is 13.1. The van der Waals surface area contributed by atoms with Crippen LogP contribution in [0.4, 0.5) is 4.39 Å². The SMILES string of the molecule is N#CC(O)C(O)c1cc(F)c(Cl)c(Cl)c1. The van der Waals surface area contributed by atoms with Crippen LogP contribution in [-0.4, -0.2) is 16.3 Å². The first kappa shape index (κ1) is 12.2. The average Bonchev–Trinajstić information content (AvgIpc) is 2.23. The van der Waals surface area contributed by atoms with Crippen molar-refractivity contribution in [1.29, 1.82) is 5.26 Å². The van der Waals surface area contributed by atoms with Gasteiger partial charge < -0.3 is 10.2 Å². The second-order valence-electron chi connectivity index (χ2n) is 2.82. The van der Waals surface area contributed by atoms with Crippen LogP contribution >= 0.6 is 23.2 Å². The highest BCUT2D eigenvalue weighted by Gasteiger charge is 2.20. The minimum atomic E-state index is -1.64. The molecule has 3 nitrogen and oxygen atoms in total. The highest BCUT2D eigenvalue weighted by atomic mass is 35.5. The van der Waals surface area contributed by atoms with Gasteiger partial charge in [0, 0.05) is 0 Å². The standard InChI is InChI=1S/C9H6Cl2FNO2/c10-5-1-4(2-6(12)8(5)11)9(15)7(14)3-13/h1-2,7,9,14-15H. The van der Waals surface area contributed by atoms with E-state index < -0.39 is 18.0 Å². The van der Waals surface area contributed by atoms with Crippen LogP contribution in [0.15, 0.2) is 12.1 Å². The lowest BCUT2D eigenvalue weighted by Crippen LogP contribution is -2.15. The highest BCUT2D eigenvalue weighted by molar-refractivity contribution is 6.42. The molecule has 1 aromatic rings. The third-order valence-electron chi connectivity index (χ3n) is 1.78. The predicted octanol–water partition coefficient (Wildman–Crippen LogP) is 2.05. The van der Waals surface area contributed by atoms with Crippen molar-refractivity contribution >= 4 is 23.2 Å². The van der Waals surface area contributed by atoms with Crippen molar-refractivity contribution in [2.45, 2.75) is 12.2 Å². The Kier molecular flexibility index (Phi) is 3.89. The van der Waals surface area contributed by atoms with E-state index in [1.807, 2.05) is 0 Å². The zero-order valence-electron chi connectivity index (χ0n) is 7.28. The molecule has 2 unspecified atom stereocenters. The summed E-state index contributed by atoms with van der Waals surface area (Å²) in [7, 11) is 0. The summed E-state index contributed by atoms with van der Waals surface area (Å²) in [6.07, 6.45) is -3.15. The number of nitriles is 1. The summed E-state index contributed by atoms with van der Waals surface area (Å²) >= 11 is 11.0. The monoisotopic (exact) mass is 249 g/mol. The zero-order chi connectivity index (χ0) is 11.6. The van der Waals surface area contributed by atoms with Crippen molar-refractivity contribution in [2.24, 2.45) is 0 Å². The lowest BCUT2D eigenvalue weighted by Gasteiger charge is -2.12. The van der Waals surface area contributed by atoms with Crippen LogP contribution in [0.1, 0.15) is 11.7 Å². The second kappa shape index (κ2) is 4.77. The van der Waals surface area contributed by atoms with Gasteiger partial charge in [0.05, 0.1) is 16.1 Å². The molecule has 0 spiro atoms. The Bertz CT molecular complexity index is 396.